The van der Waals surface area contributed by atoms with E-state index in [4.69, 9.17) is 4.74 Å². The third kappa shape index (κ3) is 4.06. The van der Waals surface area contributed by atoms with Crippen molar-refractivity contribution in [1.29, 1.82) is 0 Å². The molecule has 2 aromatic carbocycles. The fourth-order valence-corrected chi connectivity index (χ4v) is 19.7. The second kappa shape index (κ2) is 8.75. The first kappa shape index (κ1) is 21.8. The van der Waals surface area contributed by atoms with E-state index in [1.54, 1.807) is 29.7 Å². The van der Waals surface area contributed by atoms with E-state index in [9.17, 15) is 8.42 Å². The van der Waals surface area contributed by atoms with E-state index in [-0.39, 0.29) is 0 Å². The third-order valence-electron chi connectivity index (χ3n) is 5.40. The van der Waals surface area contributed by atoms with E-state index in [0.29, 0.717) is 26.7 Å². The summed E-state index contributed by atoms with van der Waals surface area (Å²) >= 11 is -0.480. The molecule has 3 heterocycles. The maximum absolute atomic E-state index is 13.5. The SMILES string of the molecule is CCCC1CI1S(=O)(=O)c1cc2c(Nc3ccc4scnc4c3)ccnc2cc1OCC. The molecule has 32 heavy (non-hydrogen) atoms. The number of hydrogen-bond donors (Lipinski definition) is 1. The van der Waals surface area contributed by atoms with Crippen LogP contribution in [0.4, 0.5) is 11.4 Å². The zero-order chi connectivity index (χ0) is 22.3. The molecule has 1 saturated heterocycles. The summed E-state index contributed by atoms with van der Waals surface area (Å²) in [6, 6.07) is 11.5. The first-order chi connectivity index (χ1) is 15.5. The van der Waals surface area contributed by atoms with Gasteiger partial charge in [0.2, 0.25) is 0 Å². The Labute approximate surface area is 197 Å². The average Bonchev–Trinajstić information content (AvgIpc) is 3.41. The Balaban J connectivity index is 1.58. The van der Waals surface area contributed by atoms with Crippen LogP contribution in [0.25, 0.3) is 21.1 Å². The molecule has 1 atom stereocenters. The molecule has 1 aliphatic rings. The van der Waals surface area contributed by atoms with Gasteiger partial charge in [0.15, 0.2) is 0 Å². The van der Waals surface area contributed by atoms with Gasteiger partial charge in [0, 0.05) is 0 Å². The summed E-state index contributed by atoms with van der Waals surface area (Å²) in [7, 11) is -3.32. The number of nitrogens with one attached hydrogen (secondary N) is 1. The van der Waals surface area contributed by atoms with Gasteiger partial charge in [-0.15, -0.1) is 0 Å². The molecule has 168 valence electrons. The fraction of sp³-hybridized carbons (Fsp3) is 0.304. The molecular formula is C23H24IN3O3S2. The second-order valence-electron chi connectivity index (χ2n) is 7.60. The van der Waals surface area contributed by atoms with Gasteiger partial charge >= 0.3 is 198 Å². The molecule has 1 fully saturated rings. The van der Waals surface area contributed by atoms with Crippen LogP contribution >= 0.6 is 29.8 Å². The van der Waals surface area contributed by atoms with Crippen LogP contribution in [0.15, 0.2) is 53.0 Å². The van der Waals surface area contributed by atoms with Crippen molar-refractivity contribution in [2.45, 2.75) is 35.5 Å². The van der Waals surface area contributed by atoms with Gasteiger partial charge in [0.1, 0.15) is 0 Å². The number of anilines is 2. The van der Waals surface area contributed by atoms with Crippen LogP contribution in [-0.4, -0.2) is 33.3 Å². The standard InChI is InChI=1S/C23H24IN3O3S2/c1-3-5-15-13-24(15)32(28,29)23-11-17-18(8-9-25-19(17)12-21(23)30-4-2)27-16-6-7-22-20(10-16)26-14-31-22/h6-12,14-15H,3-5,13H2,1-2H3,(H,25,27). The number of fused-ring (bicyclic) bond motifs is 2. The van der Waals surface area contributed by atoms with Gasteiger partial charge in [-0.2, -0.15) is 0 Å². The van der Waals surface area contributed by atoms with E-state index in [1.807, 2.05) is 36.7 Å². The number of ether oxygens (including phenoxy) is 1. The number of nitrogens with zero attached hydrogens (tertiary/aromatic N) is 2. The van der Waals surface area contributed by atoms with Gasteiger partial charge in [0.25, 0.3) is 0 Å². The molecule has 0 spiro atoms. The van der Waals surface area contributed by atoms with Crippen LogP contribution in [0, 0.1) is 0 Å². The molecule has 2 aromatic heterocycles. The zero-order valence-electron chi connectivity index (χ0n) is 17.8. The number of thiazole rings is 1. The van der Waals surface area contributed by atoms with Crippen molar-refractivity contribution in [3.05, 3.63) is 48.1 Å². The Morgan fingerprint density at radius 1 is 1.16 bits per heavy atom. The van der Waals surface area contributed by atoms with E-state index < -0.39 is 25.4 Å². The molecule has 9 heteroatoms. The predicted molar refractivity (Wildman–Crippen MR) is 141 cm³/mol. The van der Waals surface area contributed by atoms with Gasteiger partial charge in [-0.3, -0.25) is 0 Å². The molecule has 4 aromatic rings. The first-order valence-corrected chi connectivity index (χ1v) is 18.2. The van der Waals surface area contributed by atoms with Gasteiger partial charge < -0.3 is 0 Å². The van der Waals surface area contributed by atoms with Crippen molar-refractivity contribution in [2.24, 2.45) is 0 Å². The average molecular weight is 582 g/mol. The van der Waals surface area contributed by atoms with E-state index >= 15 is 0 Å². The number of rotatable bonds is 8. The van der Waals surface area contributed by atoms with Gasteiger partial charge in [-0.1, -0.05) is 0 Å². The molecular weight excluding hydrogens is 557 g/mol. The molecule has 6 nitrogen and oxygen atoms in total. The van der Waals surface area contributed by atoms with E-state index in [2.05, 4.69) is 22.2 Å². The molecule has 1 unspecified atom stereocenters. The van der Waals surface area contributed by atoms with Crippen molar-refractivity contribution >= 4 is 69.3 Å². The van der Waals surface area contributed by atoms with E-state index in [1.165, 1.54) is 0 Å². The van der Waals surface area contributed by atoms with Gasteiger partial charge in [-0.25, -0.2) is 0 Å². The number of alkyl halides is 2. The normalized spacial score (nSPS) is 17.1. The van der Waals surface area contributed by atoms with Crippen LogP contribution in [-0.2, 0) is 7.01 Å². The van der Waals surface area contributed by atoms with Crippen LogP contribution in [0.2, 0.25) is 0 Å². The van der Waals surface area contributed by atoms with Crippen LogP contribution < -0.4 is 10.1 Å². The Kier molecular flexibility index (Phi) is 5.98. The van der Waals surface area contributed by atoms with Crippen molar-refractivity contribution in [3.63, 3.8) is 0 Å². The number of benzene rings is 2. The predicted octanol–water partition coefficient (Wildman–Crippen LogP) is 6.36. The Bertz CT molecular complexity index is 1400. The maximum atomic E-state index is 13.5. The van der Waals surface area contributed by atoms with Crippen LogP contribution in [0.1, 0.15) is 26.7 Å². The van der Waals surface area contributed by atoms with Crippen molar-refractivity contribution in [3.8, 4) is 5.75 Å². The molecule has 0 bridgehead atoms. The second-order valence-corrected chi connectivity index (χ2v) is 20.6. The Morgan fingerprint density at radius 3 is 2.84 bits per heavy atom. The summed E-state index contributed by atoms with van der Waals surface area (Å²) in [5.74, 6) is 0.424. The topological polar surface area (TPSA) is 81.2 Å². The number of hydrogen-bond acceptors (Lipinski definition) is 7. The molecule has 0 radical (unpaired) electrons. The molecule has 0 aliphatic carbocycles. The van der Waals surface area contributed by atoms with Gasteiger partial charge in [0.05, 0.1) is 0 Å². The summed E-state index contributed by atoms with van der Waals surface area (Å²) in [6.45, 7) is 4.40. The Hall–Kier alpha value is -1.98. The monoisotopic (exact) mass is 581 g/mol. The van der Waals surface area contributed by atoms with Crippen molar-refractivity contribution in [2.75, 3.05) is 16.4 Å². The zero-order valence-corrected chi connectivity index (χ0v) is 21.6. The van der Waals surface area contributed by atoms with Crippen LogP contribution in [0.3, 0.4) is 0 Å². The molecule has 5 rings (SSSR count). The molecule has 1 aliphatic heterocycles. The first-order valence-electron chi connectivity index (χ1n) is 10.6. The van der Waals surface area contributed by atoms with Crippen molar-refractivity contribution in [1.82, 2.24) is 9.97 Å². The number of pyridine rings is 1. The van der Waals surface area contributed by atoms with Crippen molar-refractivity contribution < 1.29 is 13.2 Å². The summed E-state index contributed by atoms with van der Waals surface area (Å²) in [5.41, 5.74) is 5.18. The Morgan fingerprint density at radius 2 is 2.03 bits per heavy atom. The quantitative estimate of drug-likeness (QED) is 0.148. The molecule has 0 amide bonds. The minimum atomic E-state index is -3.32. The summed E-state index contributed by atoms with van der Waals surface area (Å²) in [5, 5.41) is 4.21. The van der Waals surface area contributed by atoms with E-state index in [0.717, 1.165) is 44.2 Å². The minimum absolute atomic E-state index is 0.335. The third-order valence-corrected chi connectivity index (χ3v) is 19.8. The molecule has 1 N–H and O–H groups in total. The van der Waals surface area contributed by atoms with Crippen LogP contribution in [0.5, 0.6) is 5.75 Å². The summed E-state index contributed by atoms with van der Waals surface area (Å²) in [6.07, 6.45) is 3.77. The summed E-state index contributed by atoms with van der Waals surface area (Å²) < 4.78 is 35.3. The molecule has 0 saturated carbocycles. The van der Waals surface area contributed by atoms with Gasteiger partial charge in [-0.05, 0) is 0 Å². The fourth-order valence-electron chi connectivity index (χ4n) is 3.81. The number of halogens is 1. The number of aromatic nitrogens is 2. The summed E-state index contributed by atoms with van der Waals surface area (Å²) in [4.78, 5) is 9.20.